The third kappa shape index (κ3) is 7.95. The summed E-state index contributed by atoms with van der Waals surface area (Å²) in [5.74, 6) is 2.47. The summed E-state index contributed by atoms with van der Waals surface area (Å²) in [6.07, 6.45) is 6.14. The molecule has 1 saturated carbocycles. The van der Waals surface area contributed by atoms with E-state index in [4.69, 9.17) is 15.1 Å². The van der Waals surface area contributed by atoms with Crippen LogP contribution in [-0.2, 0) is 6.42 Å². The lowest BCUT2D eigenvalue weighted by Crippen LogP contribution is -2.36. The quantitative estimate of drug-likeness (QED) is 0.145. The van der Waals surface area contributed by atoms with Crippen molar-refractivity contribution in [3.8, 4) is 0 Å². The van der Waals surface area contributed by atoms with Crippen LogP contribution in [0.25, 0.3) is 0 Å². The zero-order chi connectivity index (χ0) is 31.8. The molecule has 2 atom stereocenters. The summed E-state index contributed by atoms with van der Waals surface area (Å²) in [5.41, 5.74) is 11.0. The number of aromatic nitrogens is 1. The number of anilines is 2. The molecule has 1 fully saturated rings. The molecule has 2 N–H and O–H groups in total. The molecule has 0 amide bonds. The normalized spacial score (nSPS) is 18.1. The van der Waals surface area contributed by atoms with Crippen molar-refractivity contribution in [1.29, 1.82) is 0 Å². The minimum atomic E-state index is -0.184. The molecular weight excluding hydrogens is 561 g/mol. The fourth-order valence-corrected chi connectivity index (χ4v) is 7.27. The topological polar surface area (TPSA) is 61.8 Å². The Kier molecular flexibility index (Phi) is 11.3. The Balaban J connectivity index is 1.42. The predicted molar refractivity (Wildman–Crippen MR) is 183 cm³/mol. The lowest BCUT2D eigenvalue weighted by Gasteiger charge is -2.39. The van der Waals surface area contributed by atoms with E-state index in [0.29, 0.717) is 18.5 Å². The Morgan fingerprint density at radius 1 is 0.867 bits per heavy atom. The summed E-state index contributed by atoms with van der Waals surface area (Å²) in [6.45, 7) is 6.40. The van der Waals surface area contributed by atoms with Crippen molar-refractivity contribution in [3.63, 3.8) is 0 Å². The van der Waals surface area contributed by atoms with Gasteiger partial charge in [-0.3, -0.25) is 0 Å². The van der Waals surface area contributed by atoms with Crippen molar-refractivity contribution in [3.05, 3.63) is 113 Å². The van der Waals surface area contributed by atoms with Crippen LogP contribution in [-0.4, -0.2) is 43.7 Å². The molecule has 6 nitrogen and oxygen atoms in total. The van der Waals surface area contributed by atoms with Crippen LogP contribution in [0.3, 0.4) is 0 Å². The van der Waals surface area contributed by atoms with Crippen molar-refractivity contribution >= 4 is 11.6 Å². The highest BCUT2D eigenvalue weighted by Gasteiger charge is 2.35. The van der Waals surface area contributed by atoms with E-state index in [1.807, 2.05) is 24.3 Å². The Morgan fingerprint density at radius 2 is 1.49 bits per heavy atom. The first-order valence-corrected chi connectivity index (χ1v) is 16.6. The van der Waals surface area contributed by atoms with Gasteiger partial charge in [0.15, 0.2) is 0 Å². The Hall–Kier alpha value is -3.68. The molecule has 45 heavy (non-hydrogen) atoms. The molecule has 0 bridgehead atoms. The van der Waals surface area contributed by atoms with Gasteiger partial charge in [-0.1, -0.05) is 73.5 Å². The molecule has 5 rings (SSSR count). The number of para-hydroxylation sites is 1. The predicted octanol–water partition coefficient (Wildman–Crippen LogP) is 8.21. The van der Waals surface area contributed by atoms with Crippen molar-refractivity contribution in [2.45, 2.75) is 64.5 Å². The van der Waals surface area contributed by atoms with Gasteiger partial charge in [0, 0.05) is 31.2 Å². The van der Waals surface area contributed by atoms with Crippen LogP contribution in [0, 0.1) is 17.7 Å². The number of oxazole rings is 1. The summed E-state index contributed by atoms with van der Waals surface area (Å²) in [5, 5.41) is 0. The fraction of sp³-hybridized carbons (Fsp3) is 0.447. The van der Waals surface area contributed by atoms with Crippen molar-refractivity contribution in [1.82, 2.24) is 9.88 Å². The van der Waals surface area contributed by atoms with Crippen molar-refractivity contribution < 1.29 is 8.81 Å². The van der Waals surface area contributed by atoms with Gasteiger partial charge in [0.05, 0.1) is 6.67 Å². The number of hydrogen-bond acceptors (Lipinski definition) is 6. The molecule has 240 valence electrons. The maximum Gasteiger partial charge on any atom is 0.220 e. The maximum atomic E-state index is 13.7. The molecule has 1 aromatic heterocycles. The van der Waals surface area contributed by atoms with Crippen LogP contribution in [0.15, 0.2) is 89.3 Å². The van der Waals surface area contributed by atoms with Crippen molar-refractivity contribution in [2.24, 2.45) is 17.6 Å². The molecule has 4 aromatic rings. The van der Waals surface area contributed by atoms with Crippen LogP contribution in [0.2, 0.25) is 0 Å². The third-order valence-electron chi connectivity index (χ3n) is 9.57. The molecule has 0 spiro atoms. The number of nitrogens with zero attached hydrogens (tertiary/aromatic N) is 4. The van der Waals surface area contributed by atoms with Crippen LogP contribution >= 0.6 is 0 Å². The number of rotatable bonds is 14. The molecule has 1 heterocycles. The molecule has 1 aliphatic carbocycles. The van der Waals surface area contributed by atoms with E-state index >= 15 is 0 Å². The zero-order valence-corrected chi connectivity index (χ0v) is 27.4. The summed E-state index contributed by atoms with van der Waals surface area (Å²) >= 11 is 0. The van der Waals surface area contributed by atoms with E-state index in [1.165, 1.54) is 11.1 Å². The first-order valence-electron chi connectivity index (χ1n) is 16.6. The molecule has 3 aromatic carbocycles. The second-order valence-corrected chi connectivity index (χ2v) is 12.6. The Morgan fingerprint density at radius 3 is 2.07 bits per heavy atom. The average molecular weight is 612 g/mol. The van der Waals surface area contributed by atoms with E-state index in [0.717, 1.165) is 74.8 Å². The first kappa shape index (κ1) is 32.7. The number of benzene rings is 3. The van der Waals surface area contributed by atoms with Crippen LogP contribution in [0.5, 0.6) is 0 Å². The number of hydrogen-bond donors (Lipinski definition) is 1. The smallest absolute Gasteiger partial charge is 0.220 e. The SMILES string of the molecule is CCN(CC)c1oc(C(CC2CCC(C(c3ccc(F)cc3)N(C)C)CC2)N(CN)c2ccccc2)nc1Cc1ccccc1. The monoisotopic (exact) mass is 611 g/mol. The summed E-state index contributed by atoms with van der Waals surface area (Å²) < 4.78 is 20.5. The van der Waals surface area contributed by atoms with Gasteiger partial charge in [-0.25, -0.2) is 9.37 Å². The highest BCUT2D eigenvalue weighted by Crippen LogP contribution is 2.44. The second kappa shape index (κ2) is 15.5. The first-order chi connectivity index (χ1) is 21.9. The Labute approximate surface area is 269 Å². The summed E-state index contributed by atoms with van der Waals surface area (Å²) in [7, 11) is 4.27. The fourth-order valence-electron chi connectivity index (χ4n) is 7.27. The van der Waals surface area contributed by atoms with Crippen molar-refractivity contribution in [2.75, 3.05) is 43.7 Å². The largest absolute Gasteiger partial charge is 0.423 e. The van der Waals surface area contributed by atoms with E-state index in [1.54, 1.807) is 12.1 Å². The van der Waals surface area contributed by atoms with Gasteiger partial charge in [-0.2, -0.15) is 0 Å². The molecule has 2 unspecified atom stereocenters. The van der Waals surface area contributed by atoms with E-state index in [-0.39, 0.29) is 17.9 Å². The molecule has 7 heteroatoms. The highest BCUT2D eigenvalue weighted by molar-refractivity contribution is 5.49. The number of halogens is 1. The zero-order valence-electron chi connectivity index (χ0n) is 27.4. The molecule has 0 aliphatic heterocycles. The highest BCUT2D eigenvalue weighted by atomic mass is 19.1. The molecule has 0 radical (unpaired) electrons. The van der Waals surface area contributed by atoms with E-state index in [2.05, 4.69) is 91.2 Å². The van der Waals surface area contributed by atoms with Gasteiger partial charge < -0.3 is 24.9 Å². The van der Waals surface area contributed by atoms with E-state index < -0.39 is 0 Å². The maximum absolute atomic E-state index is 13.7. The van der Waals surface area contributed by atoms with Gasteiger partial charge in [-0.15, -0.1) is 0 Å². The van der Waals surface area contributed by atoms with Gasteiger partial charge in [0.2, 0.25) is 11.8 Å². The third-order valence-corrected chi connectivity index (χ3v) is 9.57. The van der Waals surface area contributed by atoms with Crippen LogP contribution in [0.4, 0.5) is 16.0 Å². The second-order valence-electron chi connectivity index (χ2n) is 12.6. The Bertz CT molecular complexity index is 1430. The van der Waals surface area contributed by atoms with Gasteiger partial charge in [-0.05, 0) is 94.4 Å². The standard InChI is InChI=1S/C38H50FN5O/c1-5-43(6-2)38-34(25-28-13-9-7-10-14-28)41-37(45-38)35(44(27-40)33-15-11-8-12-16-33)26-29-17-19-30(20-18-29)36(42(3)4)31-21-23-32(39)24-22-31/h7-16,21-24,29-30,35-36H,5-6,17-20,25-27,40H2,1-4H3. The van der Waals surface area contributed by atoms with Gasteiger partial charge in [0.1, 0.15) is 17.6 Å². The molecule has 1 aliphatic rings. The van der Waals surface area contributed by atoms with Gasteiger partial charge in [0.25, 0.3) is 0 Å². The van der Waals surface area contributed by atoms with Crippen LogP contribution in [0.1, 0.15) is 80.7 Å². The summed E-state index contributed by atoms with van der Waals surface area (Å²) in [6, 6.07) is 28.2. The lowest BCUT2D eigenvalue weighted by molar-refractivity contribution is 0.142. The molecular formula is C38H50FN5O. The van der Waals surface area contributed by atoms with Crippen LogP contribution < -0.4 is 15.5 Å². The van der Waals surface area contributed by atoms with E-state index in [9.17, 15) is 4.39 Å². The average Bonchev–Trinajstić information content (AvgIpc) is 3.47. The number of nitrogens with two attached hydrogens (primary N) is 1. The van der Waals surface area contributed by atoms with Gasteiger partial charge >= 0.3 is 0 Å². The minimum absolute atomic E-state index is 0.0838. The summed E-state index contributed by atoms with van der Waals surface area (Å²) in [4.78, 5) is 12.1. The lowest BCUT2D eigenvalue weighted by atomic mass is 9.74. The molecule has 0 saturated heterocycles. The minimum Gasteiger partial charge on any atom is -0.423 e.